The maximum Gasteiger partial charge on any atom is 0.256 e. The minimum absolute atomic E-state index is 0.325. The van der Waals surface area contributed by atoms with E-state index in [0.717, 1.165) is 36.5 Å². The highest BCUT2D eigenvalue weighted by atomic mass is 32.1. The summed E-state index contributed by atoms with van der Waals surface area (Å²) in [6, 6.07) is 18.7. The number of nitrogens with two attached hydrogens (primary N) is 1. The van der Waals surface area contributed by atoms with Crippen molar-refractivity contribution in [3.8, 4) is 6.07 Å². The van der Waals surface area contributed by atoms with Crippen molar-refractivity contribution in [1.29, 1.82) is 5.26 Å². The SMILES string of the molecule is N#Cc1ccc(C(=O)Nc2sc3c(c2C(N)=O)CC[NH+](Cc2ccccc2)C3)cc1. The quantitative estimate of drug-likeness (QED) is 0.593. The number of amides is 2. The van der Waals surface area contributed by atoms with Gasteiger partial charge in [0.25, 0.3) is 11.8 Å². The molecule has 2 aromatic carbocycles. The summed E-state index contributed by atoms with van der Waals surface area (Å²) >= 11 is 1.43. The van der Waals surface area contributed by atoms with Crippen LogP contribution in [0.2, 0.25) is 0 Å². The fraction of sp³-hybridized carbons (Fsp3) is 0.174. The summed E-state index contributed by atoms with van der Waals surface area (Å²) in [6.45, 7) is 2.61. The molecule has 0 radical (unpaired) electrons. The Labute approximate surface area is 178 Å². The van der Waals surface area contributed by atoms with E-state index in [9.17, 15) is 9.59 Å². The number of nitrogens with zero attached hydrogens (tertiary/aromatic N) is 1. The van der Waals surface area contributed by atoms with Crippen molar-refractivity contribution in [2.45, 2.75) is 19.5 Å². The largest absolute Gasteiger partial charge is 0.365 e. The highest BCUT2D eigenvalue weighted by molar-refractivity contribution is 7.17. The van der Waals surface area contributed by atoms with Gasteiger partial charge in [0.05, 0.1) is 28.6 Å². The van der Waals surface area contributed by atoms with Crippen molar-refractivity contribution >= 4 is 28.2 Å². The topological polar surface area (TPSA) is 100 Å². The van der Waals surface area contributed by atoms with Gasteiger partial charge in [0, 0.05) is 17.5 Å². The molecule has 0 fully saturated rings. The van der Waals surface area contributed by atoms with Gasteiger partial charge in [-0.2, -0.15) is 5.26 Å². The first-order valence-corrected chi connectivity index (χ1v) is 10.5. The smallest absolute Gasteiger partial charge is 0.256 e. The van der Waals surface area contributed by atoms with Crippen LogP contribution in [0.4, 0.5) is 5.00 Å². The summed E-state index contributed by atoms with van der Waals surface area (Å²) < 4.78 is 0. The number of rotatable bonds is 5. The molecule has 4 rings (SSSR count). The highest BCUT2D eigenvalue weighted by Crippen LogP contribution is 2.34. The number of thiophene rings is 1. The number of carbonyl (C=O) groups excluding carboxylic acids is 2. The molecule has 7 heteroatoms. The van der Waals surface area contributed by atoms with Crippen molar-refractivity contribution in [1.82, 2.24) is 0 Å². The number of nitriles is 1. The Bertz CT molecular complexity index is 1130. The van der Waals surface area contributed by atoms with Crippen LogP contribution in [-0.2, 0) is 19.5 Å². The summed E-state index contributed by atoms with van der Waals surface area (Å²) in [5, 5.41) is 12.3. The zero-order valence-corrected chi connectivity index (χ0v) is 17.1. The van der Waals surface area contributed by atoms with Gasteiger partial charge in [-0.1, -0.05) is 30.3 Å². The van der Waals surface area contributed by atoms with E-state index in [1.165, 1.54) is 21.8 Å². The minimum Gasteiger partial charge on any atom is -0.365 e. The molecular formula is C23H21N4O2S+. The molecule has 30 heavy (non-hydrogen) atoms. The lowest BCUT2D eigenvalue weighted by Crippen LogP contribution is -3.10. The van der Waals surface area contributed by atoms with Crippen molar-refractivity contribution in [3.05, 3.63) is 87.3 Å². The zero-order valence-electron chi connectivity index (χ0n) is 16.3. The molecule has 1 aliphatic rings. The van der Waals surface area contributed by atoms with Crippen molar-refractivity contribution in [2.24, 2.45) is 5.73 Å². The standard InChI is InChI=1S/C23H20N4O2S/c24-12-15-6-8-17(9-7-15)22(29)26-23-20(21(25)28)18-10-11-27(14-19(18)30-23)13-16-4-2-1-3-5-16/h1-9H,10-11,13-14H2,(H2,25,28)(H,26,29)/p+1. The second kappa shape index (κ2) is 8.49. The number of hydrogen-bond acceptors (Lipinski definition) is 4. The van der Waals surface area contributed by atoms with E-state index in [1.54, 1.807) is 24.3 Å². The molecule has 1 unspecified atom stereocenters. The molecule has 0 aliphatic carbocycles. The molecule has 1 aromatic heterocycles. The third kappa shape index (κ3) is 4.10. The maximum absolute atomic E-state index is 12.7. The highest BCUT2D eigenvalue weighted by Gasteiger charge is 2.29. The van der Waals surface area contributed by atoms with E-state index in [-0.39, 0.29) is 5.91 Å². The Morgan fingerprint density at radius 1 is 1.13 bits per heavy atom. The fourth-order valence-corrected chi connectivity index (χ4v) is 5.11. The van der Waals surface area contributed by atoms with Crippen molar-refractivity contribution in [3.63, 3.8) is 0 Å². The Morgan fingerprint density at radius 2 is 1.87 bits per heavy atom. The molecule has 4 N–H and O–H groups in total. The molecule has 3 aromatic rings. The molecule has 2 heterocycles. The molecule has 0 bridgehead atoms. The normalized spacial score (nSPS) is 15.1. The second-order valence-electron chi connectivity index (χ2n) is 7.30. The summed E-state index contributed by atoms with van der Waals surface area (Å²) in [6.07, 6.45) is 0.749. The van der Waals surface area contributed by atoms with E-state index >= 15 is 0 Å². The third-order valence-corrected chi connectivity index (χ3v) is 6.42. The summed E-state index contributed by atoms with van der Waals surface area (Å²) in [5.41, 5.74) is 9.23. The van der Waals surface area contributed by atoms with Crippen LogP contribution in [0.25, 0.3) is 0 Å². The molecule has 6 nitrogen and oxygen atoms in total. The van der Waals surface area contributed by atoms with Gasteiger partial charge in [-0.05, 0) is 29.8 Å². The first-order valence-electron chi connectivity index (χ1n) is 9.68. The number of nitrogens with one attached hydrogen (secondary N) is 2. The Balaban J connectivity index is 1.55. The molecule has 150 valence electrons. The maximum atomic E-state index is 12.7. The summed E-state index contributed by atoms with van der Waals surface area (Å²) in [7, 11) is 0. The van der Waals surface area contributed by atoms with Gasteiger partial charge in [-0.25, -0.2) is 0 Å². The molecule has 0 saturated heterocycles. The number of benzene rings is 2. The van der Waals surface area contributed by atoms with E-state index in [0.29, 0.717) is 21.7 Å². The molecule has 0 saturated carbocycles. The van der Waals surface area contributed by atoms with E-state index in [1.807, 2.05) is 24.3 Å². The van der Waals surface area contributed by atoms with Crippen LogP contribution in [-0.4, -0.2) is 18.4 Å². The number of carbonyl (C=O) groups is 2. The van der Waals surface area contributed by atoms with Crippen LogP contribution in [0.15, 0.2) is 54.6 Å². The molecule has 0 spiro atoms. The average molecular weight is 418 g/mol. The number of fused-ring (bicyclic) bond motifs is 1. The van der Waals surface area contributed by atoms with Gasteiger partial charge < -0.3 is 16.0 Å². The Kier molecular flexibility index (Phi) is 5.61. The second-order valence-corrected chi connectivity index (χ2v) is 8.41. The Hall–Kier alpha value is -3.47. The molecular weight excluding hydrogens is 396 g/mol. The minimum atomic E-state index is -0.519. The van der Waals surface area contributed by atoms with Crippen molar-refractivity contribution in [2.75, 3.05) is 11.9 Å². The number of hydrogen-bond donors (Lipinski definition) is 3. The van der Waals surface area contributed by atoms with Gasteiger partial charge >= 0.3 is 0 Å². The monoisotopic (exact) mass is 417 g/mol. The number of quaternary nitrogens is 1. The van der Waals surface area contributed by atoms with Crippen LogP contribution in [0.5, 0.6) is 0 Å². The predicted octanol–water partition coefficient (Wildman–Crippen LogP) is 2.11. The van der Waals surface area contributed by atoms with E-state index in [4.69, 9.17) is 11.0 Å². The summed E-state index contributed by atoms with van der Waals surface area (Å²) in [4.78, 5) is 27.3. The van der Waals surface area contributed by atoms with Gasteiger partial charge in [0.15, 0.2) is 0 Å². The Morgan fingerprint density at radius 3 is 2.53 bits per heavy atom. The van der Waals surface area contributed by atoms with Crippen LogP contribution < -0.4 is 16.0 Å². The third-order valence-electron chi connectivity index (χ3n) is 5.28. The molecule has 2 amide bonds. The van der Waals surface area contributed by atoms with E-state index in [2.05, 4.69) is 17.4 Å². The van der Waals surface area contributed by atoms with Gasteiger partial charge in [-0.3, -0.25) is 9.59 Å². The lowest BCUT2D eigenvalue weighted by molar-refractivity contribution is -0.929. The van der Waals surface area contributed by atoms with Gasteiger partial charge in [0.1, 0.15) is 18.1 Å². The van der Waals surface area contributed by atoms with Crippen LogP contribution >= 0.6 is 11.3 Å². The lowest BCUT2D eigenvalue weighted by atomic mass is 10.0. The van der Waals surface area contributed by atoms with Crippen LogP contribution in [0, 0.1) is 11.3 Å². The van der Waals surface area contributed by atoms with Crippen LogP contribution in [0.3, 0.4) is 0 Å². The predicted molar refractivity (Wildman–Crippen MR) is 115 cm³/mol. The molecule has 1 atom stereocenters. The van der Waals surface area contributed by atoms with Gasteiger partial charge in [0.2, 0.25) is 0 Å². The first kappa shape index (κ1) is 19.8. The zero-order chi connectivity index (χ0) is 21.1. The number of anilines is 1. The fourth-order valence-electron chi connectivity index (χ4n) is 3.79. The van der Waals surface area contributed by atoms with Crippen molar-refractivity contribution < 1.29 is 14.5 Å². The number of primary amides is 1. The molecule has 1 aliphatic heterocycles. The van der Waals surface area contributed by atoms with Gasteiger partial charge in [-0.15, -0.1) is 11.3 Å². The lowest BCUT2D eigenvalue weighted by Gasteiger charge is -2.24. The van der Waals surface area contributed by atoms with Crippen LogP contribution in [0.1, 0.15) is 42.3 Å². The van der Waals surface area contributed by atoms with E-state index < -0.39 is 5.91 Å². The average Bonchev–Trinajstić information content (AvgIpc) is 3.11. The first-order chi connectivity index (χ1) is 14.5. The summed E-state index contributed by atoms with van der Waals surface area (Å²) in [5.74, 6) is -0.844.